The zero-order valence-electron chi connectivity index (χ0n) is 9.18. The van der Waals surface area contributed by atoms with Crippen molar-refractivity contribution in [3.05, 3.63) is 23.8 Å². The molecule has 6 nitrogen and oxygen atoms in total. The monoisotopic (exact) mass is 235 g/mol. The van der Waals surface area contributed by atoms with Gasteiger partial charge in [-0.1, -0.05) is 0 Å². The summed E-state index contributed by atoms with van der Waals surface area (Å²) in [6.45, 7) is 1.40. The Morgan fingerprint density at radius 3 is 3.12 bits per heavy atom. The minimum Gasteiger partial charge on any atom is -0.379 e. The predicted molar refractivity (Wildman–Crippen MR) is 61.4 cm³/mol. The summed E-state index contributed by atoms with van der Waals surface area (Å²) in [5.41, 5.74) is 10.1. The number of fused-ring (bicyclic) bond motifs is 1. The maximum atomic E-state index is 11.1. The standard InChI is InChI=1S/C11H13N3O3/c12-11(15)7-1-2-10-9(5-7)13-17-14(10)8-3-4-16-6-8/h1-2,5,8,13H,3-4,6H2,(H2,12,15)/t8-/m1/s1. The number of carbonyl (C=O) groups excluding carboxylic acids is 1. The number of hydroxylamine groups is 1. The minimum absolute atomic E-state index is 0.211. The summed E-state index contributed by atoms with van der Waals surface area (Å²) in [6, 6.07) is 5.42. The molecular formula is C11H13N3O3. The average molecular weight is 235 g/mol. The molecule has 6 heteroatoms. The molecule has 0 aromatic heterocycles. The van der Waals surface area contributed by atoms with Crippen molar-refractivity contribution in [1.82, 2.24) is 0 Å². The molecular weight excluding hydrogens is 222 g/mol. The molecule has 90 valence electrons. The van der Waals surface area contributed by atoms with Crippen LogP contribution in [0.1, 0.15) is 16.8 Å². The first kappa shape index (κ1) is 10.4. The second kappa shape index (κ2) is 3.90. The van der Waals surface area contributed by atoms with Gasteiger partial charge >= 0.3 is 0 Å². The average Bonchev–Trinajstić information content (AvgIpc) is 2.96. The van der Waals surface area contributed by atoms with Crippen LogP contribution in [0.3, 0.4) is 0 Å². The van der Waals surface area contributed by atoms with Crippen molar-refractivity contribution in [2.24, 2.45) is 5.73 Å². The van der Waals surface area contributed by atoms with E-state index in [9.17, 15) is 4.79 Å². The zero-order valence-corrected chi connectivity index (χ0v) is 9.18. The third-order valence-electron chi connectivity index (χ3n) is 3.01. The third-order valence-corrected chi connectivity index (χ3v) is 3.01. The van der Waals surface area contributed by atoms with Crippen LogP contribution in [0.2, 0.25) is 0 Å². The number of hydrogen-bond acceptors (Lipinski definition) is 5. The van der Waals surface area contributed by atoms with Gasteiger partial charge in [-0.3, -0.25) is 4.79 Å². The molecule has 0 unspecified atom stereocenters. The molecule has 1 aromatic rings. The molecule has 0 bridgehead atoms. The number of anilines is 2. The highest BCUT2D eigenvalue weighted by molar-refractivity contribution is 5.95. The number of benzene rings is 1. The van der Waals surface area contributed by atoms with Crippen LogP contribution < -0.4 is 16.3 Å². The van der Waals surface area contributed by atoms with Gasteiger partial charge in [0.15, 0.2) is 0 Å². The van der Waals surface area contributed by atoms with Crippen molar-refractivity contribution in [2.75, 3.05) is 23.8 Å². The Morgan fingerprint density at radius 2 is 2.41 bits per heavy atom. The van der Waals surface area contributed by atoms with Gasteiger partial charge in [0.05, 0.1) is 24.0 Å². The Balaban J connectivity index is 1.89. The molecule has 0 saturated carbocycles. The van der Waals surface area contributed by atoms with Crippen LogP contribution in [0.5, 0.6) is 0 Å². The number of primary amides is 1. The highest BCUT2D eigenvalue weighted by Gasteiger charge is 2.31. The first-order chi connectivity index (χ1) is 8.25. The summed E-state index contributed by atoms with van der Waals surface area (Å²) >= 11 is 0. The van der Waals surface area contributed by atoms with Crippen LogP contribution in [0.15, 0.2) is 18.2 Å². The van der Waals surface area contributed by atoms with Gasteiger partial charge in [-0.15, -0.1) is 0 Å². The largest absolute Gasteiger partial charge is 0.379 e. The van der Waals surface area contributed by atoms with Crippen molar-refractivity contribution < 1.29 is 14.5 Å². The molecule has 0 spiro atoms. The van der Waals surface area contributed by atoms with E-state index >= 15 is 0 Å². The molecule has 1 amide bonds. The maximum Gasteiger partial charge on any atom is 0.248 e. The minimum atomic E-state index is -0.447. The van der Waals surface area contributed by atoms with Crippen molar-refractivity contribution >= 4 is 17.3 Å². The lowest BCUT2D eigenvalue weighted by Gasteiger charge is -2.21. The zero-order chi connectivity index (χ0) is 11.8. The van der Waals surface area contributed by atoms with Crippen LogP contribution in [0, 0.1) is 0 Å². The molecule has 3 rings (SSSR count). The molecule has 3 N–H and O–H groups in total. The smallest absolute Gasteiger partial charge is 0.248 e. The van der Waals surface area contributed by atoms with Crippen LogP contribution in [-0.4, -0.2) is 25.2 Å². The van der Waals surface area contributed by atoms with Crippen molar-refractivity contribution in [3.8, 4) is 0 Å². The maximum absolute atomic E-state index is 11.1. The van der Waals surface area contributed by atoms with E-state index in [1.54, 1.807) is 17.2 Å². The highest BCUT2D eigenvalue weighted by Crippen LogP contribution is 2.35. The Kier molecular flexibility index (Phi) is 2.38. The van der Waals surface area contributed by atoms with Crippen LogP contribution in [0.4, 0.5) is 11.4 Å². The van der Waals surface area contributed by atoms with E-state index in [1.165, 1.54) is 0 Å². The Morgan fingerprint density at radius 1 is 1.53 bits per heavy atom. The number of carbonyl (C=O) groups is 1. The van der Waals surface area contributed by atoms with E-state index in [2.05, 4.69) is 5.48 Å². The van der Waals surface area contributed by atoms with Crippen molar-refractivity contribution in [3.63, 3.8) is 0 Å². The lowest BCUT2D eigenvalue weighted by atomic mass is 10.1. The van der Waals surface area contributed by atoms with Crippen LogP contribution >= 0.6 is 0 Å². The summed E-state index contributed by atoms with van der Waals surface area (Å²) in [5.74, 6) is -0.447. The highest BCUT2D eigenvalue weighted by atomic mass is 16.8. The molecule has 0 radical (unpaired) electrons. The lowest BCUT2D eigenvalue weighted by Crippen LogP contribution is -2.33. The SMILES string of the molecule is NC(=O)c1ccc2c(c1)NON2[C@@H]1CCOC1. The Labute approximate surface area is 98.2 Å². The first-order valence-electron chi connectivity index (χ1n) is 5.49. The number of hydrogen-bond donors (Lipinski definition) is 2. The second-order valence-electron chi connectivity index (χ2n) is 4.13. The quantitative estimate of drug-likeness (QED) is 0.787. The summed E-state index contributed by atoms with van der Waals surface area (Å²) < 4.78 is 5.32. The van der Waals surface area contributed by atoms with E-state index in [4.69, 9.17) is 15.4 Å². The molecule has 17 heavy (non-hydrogen) atoms. The summed E-state index contributed by atoms with van der Waals surface area (Å²) in [7, 11) is 0. The van der Waals surface area contributed by atoms with Gasteiger partial charge in [-0.25, -0.2) is 10.5 Å². The van der Waals surface area contributed by atoms with Crippen molar-refractivity contribution in [2.45, 2.75) is 12.5 Å². The van der Waals surface area contributed by atoms with Gasteiger partial charge in [0.1, 0.15) is 0 Å². The fraction of sp³-hybridized carbons (Fsp3) is 0.364. The van der Waals surface area contributed by atoms with Gasteiger partial charge in [0.2, 0.25) is 5.91 Å². The Bertz CT molecular complexity index is 457. The number of amides is 1. The molecule has 2 aliphatic rings. The van der Waals surface area contributed by atoms with E-state index in [-0.39, 0.29) is 6.04 Å². The van der Waals surface area contributed by atoms with Gasteiger partial charge < -0.3 is 10.5 Å². The van der Waals surface area contributed by atoms with Crippen LogP contribution in [-0.2, 0) is 9.68 Å². The van der Waals surface area contributed by atoms with Gasteiger partial charge in [-0.2, -0.15) is 4.94 Å². The van der Waals surface area contributed by atoms with E-state index in [0.717, 1.165) is 24.4 Å². The topological polar surface area (TPSA) is 76.8 Å². The molecule has 1 aromatic carbocycles. The van der Waals surface area contributed by atoms with E-state index in [0.29, 0.717) is 12.2 Å². The lowest BCUT2D eigenvalue weighted by molar-refractivity contribution is 0.100. The molecule has 1 fully saturated rings. The normalized spacial score (nSPS) is 22.4. The number of rotatable bonds is 2. The third kappa shape index (κ3) is 1.71. The van der Waals surface area contributed by atoms with Gasteiger partial charge in [-0.05, 0) is 24.6 Å². The Hall–Kier alpha value is -1.79. The first-order valence-corrected chi connectivity index (χ1v) is 5.49. The molecule has 1 saturated heterocycles. The van der Waals surface area contributed by atoms with Crippen molar-refractivity contribution in [1.29, 1.82) is 0 Å². The summed E-state index contributed by atoms with van der Waals surface area (Å²) in [4.78, 5) is 16.5. The number of nitrogens with zero attached hydrogens (tertiary/aromatic N) is 1. The van der Waals surface area contributed by atoms with E-state index in [1.807, 2.05) is 6.07 Å². The van der Waals surface area contributed by atoms with Gasteiger partial charge in [0.25, 0.3) is 0 Å². The summed E-state index contributed by atoms with van der Waals surface area (Å²) in [5, 5.41) is 1.78. The number of nitrogens with two attached hydrogens (primary N) is 1. The van der Waals surface area contributed by atoms with E-state index < -0.39 is 5.91 Å². The molecule has 0 aliphatic carbocycles. The number of ether oxygens (including phenoxy) is 1. The van der Waals surface area contributed by atoms with Crippen LogP contribution in [0.25, 0.3) is 0 Å². The molecule has 2 heterocycles. The fourth-order valence-electron chi connectivity index (χ4n) is 2.09. The summed E-state index contributed by atoms with van der Waals surface area (Å²) in [6.07, 6.45) is 0.929. The number of nitrogens with one attached hydrogen (secondary N) is 1. The second-order valence-corrected chi connectivity index (χ2v) is 4.13. The fourth-order valence-corrected chi connectivity index (χ4v) is 2.09. The predicted octanol–water partition coefficient (Wildman–Crippen LogP) is 0.653. The van der Waals surface area contributed by atoms with Gasteiger partial charge in [0, 0.05) is 12.2 Å². The molecule has 1 atom stereocenters. The molecule has 2 aliphatic heterocycles.